The molecule has 0 saturated heterocycles. The fourth-order valence-electron chi connectivity index (χ4n) is 4.00. The summed E-state index contributed by atoms with van der Waals surface area (Å²) in [5, 5.41) is 10.5. The van der Waals surface area contributed by atoms with Gasteiger partial charge in [-0.05, 0) is 35.4 Å². The van der Waals surface area contributed by atoms with Crippen molar-refractivity contribution in [3.63, 3.8) is 0 Å². The van der Waals surface area contributed by atoms with Crippen molar-refractivity contribution >= 4 is 45.6 Å². The summed E-state index contributed by atoms with van der Waals surface area (Å²) in [5.74, 6) is -0.363. The highest BCUT2D eigenvalue weighted by Gasteiger charge is 2.27. The van der Waals surface area contributed by atoms with Gasteiger partial charge in [-0.1, -0.05) is 54.6 Å². The number of benzene rings is 1. The van der Waals surface area contributed by atoms with Gasteiger partial charge in [0.15, 0.2) is 0 Å². The first-order valence-electron chi connectivity index (χ1n) is 11.9. The van der Waals surface area contributed by atoms with Gasteiger partial charge >= 0.3 is 6.09 Å². The third kappa shape index (κ3) is 7.84. The number of ether oxygens (including phenoxy) is 1. The third-order valence-electron chi connectivity index (χ3n) is 5.89. The molecule has 0 spiro atoms. The van der Waals surface area contributed by atoms with Crippen LogP contribution in [0.3, 0.4) is 0 Å². The second kappa shape index (κ2) is 13.5. The minimum Gasteiger partial charge on any atom is -0.453 e. The van der Waals surface area contributed by atoms with Gasteiger partial charge in [-0.3, -0.25) is 4.79 Å². The molecule has 9 nitrogen and oxygen atoms in total. The molecule has 1 aliphatic carbocycles. The molecule has 1 aromatic carbocycles. The van der Waals surface area contributed by atoms with Gasteiger partial charge < -0.3 is 15.4 Å². The topological polar surface area (TPSA) is 126 Å². The Morgan fingerprint density at radius 1 is 1.11 bits per heavy atom. The molecule has 3 N–H and O–H groups in total. The van der Waals surface area contributed by atoms with Crippen molar-refractivity contribution in [2.75, 3.05) is 7.11 Å². The van der Waals surface area contributed by atoms with Gasteiger partial charge in [-0.2, -0.15) is 0 Å². The molecule has 200 valence electrons. The Kier molecular flexibility index (Phi) is 9.82. The van der Waals surface area contributed by atoms with Crippen LogP contribution in [0.5, 0.6) is 0 Å². The van der Waals surface area contributed by atoms with Crippen molar-refractivity contribution in [1.29, 1.82) is 0 Å². The van der Waals surface area contributed by atoms with E-state index in [0.29, 0.717) is 18.5 Å². The average Bonchev–Trinajstić information content (AvgIpc) is 3.62. The van der Waals surface area contributed by atoms with Crippen molar-refractivity contribution in [1.82, 2.24) is 20.3 Å². The van der Waals surface area contributed by atoms with E-state index in [4.69, 9.17) is 9.72 Å². The Hall–Kier alpha value is -3.32. The van der Waals surface area contributed by atoms with Crippen LogP contribution < -0.4 is 15.4 Å². The molecule has 3 aromatic rings. The number of aromatic nitrogens is 1. The number of carbonyl (C=O) groups excluding carboxylic acids is 2. The zero-order valence-corrected chi connectivity index (χ0v) is 23.1. The Bertz CT molecular complexity index is 1360. The van der Waals surface area contributed by atoms with E-state index in [1.54, 1.807) is 17.4 Å². The maximum atomic E-state index is 13.5. The summed E-state index contributed by atoms with van der Waals surface area (Å²) < 4.78 is 29.3. The minimum atomic E-state index is -2.70. The minimum absolute atomic E-state index is 0.287. The van der Waals surface area contributed by atoms with Crippen molar-refractivity contribution in [3.8, 4) is 9.88 Å². The van der Waals surface area contributed by atoms with Crippen LogP contribution in [-0.4, -0.2) is 44.6 Å². The van der Waals surface area contributed by atoms with E-state index in [2.05, 4.69) is 15.4 Å². The second-order valence-electron chi connectivity index (χ2n) is 8.56. The van der Waals surface area contributed by atoms with E-state index in [1.165, 1.54) is 18.4 Å². The van der Waals surface area contributed by atoms with E-state index < -0.39 is 29.1 Å². The zero-order valence-electron chi connectivity index (χ0n) is 20.5. The lowest BCUT2D eigenvalue weighted by molar-refractivity contribution is -0.123. The van der Waals surface area contributed by atoms with E-state index >= 15 is 0 Å². The third-order valence-corrected chi connectivity index (χ3v) is 8.33. The Labute approximate surface area is 230 Å². The maximum Gasteiger partial charge on any atom is 0.407 e. The van der Waals surface area contributed by atoms with E-state index in [1.807, 2.05) is 65.4 Å². The van der Waals surface area contributed by atoms with Crippen LogP contribution in [0.25, 0.3) is 9.88 Å². The van der Waals surface area contributed by atoms with Crippen LogP contribution in [0.2, 0.25) is 0 Å². The molecule has 2 amide bonds. The number of nitrogens with one attached hydrogen (secondary N) is 3. The number of carbonyl (C=O) groups is 2. The quantitative estimate of drug-likeness (QED) is 0.259. The van der Waals surface area contributed by atoms with Crippen molar-refractivity contribution in [2.24, 2.45) is 0 Å². The summed E-state index contributed by atoms with van der Waals surface area (Å²) in [6, 6.07) is 11.8. The lowest BCUT2D eigenvalue weighted by Crippen LogP contribution is -2.49. The predicted molar refractivity (Wildman–Crippen MR) is 149 cm³/mol. The van der Waals surface area contributed by atoms with Crippen molar-refractivity contribution in [3.05, 3.63) is 88.3 Å². The molecule has 1 unspecified atom stereocenters. The molecule has 0 radical (unpaired) electrons. The van der Waals surface area contributed by atoms with E-state index in [-0.39, 0.29) is 18.4 Å². The van der Waals surface area contributed by atoms with Crippen molar-refractivity contribution < 1.29 is 22.7 Å². The summed E-state index contributed by atoms with van der Waals surface area (Å²) in [6.07, 6.45) is 6.16. The molecule has 12 heteroatoms. The first-order valence-corrected chi connectivity index (χ1v) is 14.8. The molecule has 0 aliphatic heterocycles. The molecule has 4 rings (SSSR count). The SMILES string of the molecule is COC(=O)N[C@@H](Cc1ccccc1)C(=O)N[C@@H](CC1=CCC(N[SH](=O)=O)C=C1)c1csc(-c2cccs2)n1. The molecule has 0 fully saturated rings. The fourth-order valence-corrected chi connectivity index (χ4v) is 6.15. The number of thiazole rings is 1. The lowest BCUT2D eigenvalue weighted by atomic mass is 9.96. The van der Waals surface area contributed by atoms with Crippen LogP contribution in [0.4, 0.5) is 4.79 Å². The van der Waals surface area contributed by atoms with Gasteiger partial charge in [-0.15, -0.1) is 22.7 Å². The Balaban J connectivity index is 1.55. The highest BCUT2D eigenvalue weighted by atomic mass is 32.2. The Morgan fingerprint density at radius 2 is 1.92 bits per heavy atom. The maximum absolute atomic E-state index is 13.5. The van der Waals surface area contributed by atoms with Crippen LogP contribution in [0.15, 0.2) is 77.0 Å². The van der Waals surface area contributed by atoms with Crippen LogP contribution >= 0.6 is 22.7 Å². The monoisotopic (exact) mass is 572 g/mol. The Morgan fingerprint density at radius 3 is 2.58 bits per heavy atom. The average molecular weight is 573 g/mol. The number of hydrogen-bond donors (Lipinski definition) is 4. The molecular formula is C26H28N4O5S3. The van der Waals surface area contributed by atoms with Gasteiger partial charge in [0.05, 0.1) is 23.7 Å². The fraction of sp³-hybridized carbons (Fsp3) is 0.269. The number of alkyl carbamates (subject to hydrolysis) is 1. The van der Waals surface area contributed by atoms with E-state index in [9.17, 15) is 18.0 Å². The highest BCUT2D eigenvalue weighted by Crippen LogP contribution is 2.32. The van der Waals surface area contributed by atoms with Crippen LogP contribution in [0, 0.1) is 0 Å². The zero-order chi connectivity index (χ0) is 26.9. The highest BCUT2D eigenvalue weighted by molar-refractivity contribution is 7.70. The number of thiophene rings is 1. The largest absolute Gasteiger partial charge is 0.453 e. The first-order chi connectivity index (χ1) is 18.4. The smallest absolute Gasteiger partial charge is 0.407 e. The number of rotatable bonds is 11. The number of nitrogens with zero attached hydrogens (tertiary/aromatic N) is 1. The molecule has 1 aliphatic rings. The summed E-state index contributed by atoms with van der Waals surface area (Å²) in [7, 11) is -1.44. The number of amides is 2. The van der Waals surface area contributed by atoms with Crippen LogP contribution in [-0.2, 0) is 26.8 Å². The van der Waals surface area contributed by atoms with Crippen LogP contribution in [0.1, 0.15) is 30.1 Å². The van der Waals surface area contributed by atoms with Gasteiger partial charge in [0.2, 0.25) is 16.8 Å². The molecule has 38 heavy (non-hydrogen) atoms. The molecule has 0 bridgehead atoms. The number of allylic oxidation sites excluding steroid dienone is 1. The number of thiol groups is 1. The second-order valence-corrected chi connectivity index (χ2v) is 11.1. The normalized spacial score (nSPS) is 16.5. The summed E-state index contributed by atoms with van der Waals surface area (Å²) >= 11 is 3.09. The van der Waals surface area contributed by atoms with Gasteiger partial charge in [-0.25, -0.2) is 22.9 Å². The molecule has 2 aromatic heterocycles. The number of methoxy groups -OCH3 is 1. The summed E-state index contributed by atoms with van der Waals surface area (Å²) in [5.41, 5.74) is 2.54. The standard InChI is InChI=1S/C26H28N4O5S3/c1-35-26(32)29-21(15-17-6-3-2-4-7-17)24(31)27-20(14-18-9-11-19(12-10-18)30-38(33)34)22-16-37-25(28-22)23-8-5-13-36-23/h2-11,13,16,19-21,38H,12,14-15H2,1H3,(H,27,31)(H,29,32)(H,30,33,34)/t19?,20-,21-/m0/s1. The van der Waals surface area contributed by atoms with Gasteiger partial charge in [0.1, 0.15) is 11.0 Å². The number of hydrogen-bond acceptors (Lipinski definition) is 8. The van der Waals surface area contributed by atoms with Gasteiger partial charge in [0.25, 0.3) is 0 Å². The summed E-state index contributed by atoms with van der Waals surface area (Å²) in [4.78, 5) is 31.4. The summed E-state index contributed by atoms with van der Waals surface area (Å²) in [6.45, 7) is 0. The van der Waals surface area contributed by atoms with Crippen molar-refractivity contribution in [2.45, 2.75) is 37.4 Å². The molecule has 2 heterocycles. The molecule has 0 saturated carbocycles. The molecular weight excluding hydrogens is 545 g/mol. The van der Waals surface area contributed by atoms with Gasteiger partial charge in [0, 0.05) is 17.8 Å². The lowest BCUT2D eigenvalue weighted by Gasteiger charge is -2.24. The first kappa shape index (κ1) is 27.7. The molecule has 3 atom stereocenters. The van der Waals surface area contributed by atoms with E-state index in [0.717, 1.165) is 21.0 Å². The predicted octanol–water partition coefficient (Wildman–Crippen LogP) is 3.76.